The molecule has 0 atom stereocenters. The Bertz CT molecular complexity index is 799. The summed E-state index contributed by atoms with van der Waals surface area (Å²) in [6, 6.07) is 14.5. The van der Waals surface area contributed by atoms with Crippen LogP contribution in [-0.4, -0.2) is 19.0 Å². The highest BCUT2D eigenvalue weighted by Gasteiger charge is 2.18. The minimum Gasteiger partial charge on any atom is -0.486 e. The molecule has 104 valence electrons. The van der Waals surface area contributed by atoms with E-state index in [4.69, 9.17) is 13.9 Å². The van der Waals surface area contributed by atoms with Crippen LogP contribution >= 0.6 is 0 Å². The van der Waals surface area contributed by atoms with Crippen molar-refractivity contribution in [3.8, 4) is 11.5 Å². The molecular formula is C17H12O4. The summed E-state index contributed by atoms with van der Waals surface area (Å²) in [4.78, 5) is 12.5. The lowest BCUT2D eigenvalue weighted by Gasteiger charge is -2.18. The lowest BCUT2D eigenvalue weighted by atomic mass is 10.1. The highest BCUT2D eigenvalue weighted by atomic mass is 16.6. The van der Waals surface area contributed by atoms with Crippen molar-refractivity contribution < 1.29 is 18.7 Å². The van der Waals surface area contributed by atoms with Crippen molar-refractivity contribution in [1.29, 1.82) is 0 Å². The molecule has 0 N–H and O–H groups in total. The van der Waals surface area contributed by atoms with Crippen LogP contribution in [-0.2, 0) is 0 Å². The zero-order chi connectivity index (χ0) is 14.2. The summed E-state index contributed by atoms with van der Waals surface area (Å²) in [5.74, 6) is 1.43. The second kappa shape index (κ2) is 4.66. The quantitative estimate of drug-likeness (QED) is 0.675. The fourth-order valence-corrected chi connectivity index (χ4v) is 2.42. The van der Waals surface area contributed by atoms with Gasteiger partial charge in [0.1, 0.15) is 18.8 Å². The molecular weight excluding hydrogens is 268 g/mol. The Morgan fingerprint density at radius 1 is 0.905 bits per heavy atom. The third-order valence-electron chi connectivity index (χ3n) is 3.45. The monoisotopic (exact) mass is 280 g/mol. The maximum Gasteiger partial charge on any atom is 0.228 e. The molecule has 0 unspecified atom stereocenters. The summed E-state index contributed by atoms with van der Waals surface area (Å²) >= 11 is 0. The number of carbonyl (C=O) groups is 1. The largest absolute Gasteiger partial charge is 0.486 e. The second-order valence-electron chi connectivity index (χ2n) is 4.84. The van der Waals surface area contributed by atoms with Gasteiger partial charge in [0.15, 0.2) is 17.3 Å². The fourth-order valence-electron chi connectivity index (χ4n) is 2.42. The van der Waals surface area contributed by atoms with Gasteiger partial charge in [-0.1, -0.05) is 18.2 Å². The summed E-state index contributed by atoms with van der Waals surface area (Å²) in [5, 5.41) is 0.915. The molecule has 3 aromatic rings. The summed E-state index contributed by atoms with van der Waals surface area (Å²) in [6.07, 6.45) is 0. The van der Waals surface area contributed by atoms with E-state index in [0.717, 1.165) is 5.39 Å². The smallest absolute Gasteiger partial charge is 0.228 e. The van der Waals surface area contributed by atoms with Crippen LogP contribution in [0.2, 0.25) is 0 Å². The van der Waals surface area contributed by atoms with Gasteiger partial charge in [-0.2, -0.15) is 0 Å². The van der Waals surface area contributed by atoms with E-state index in [1.807, 2.05) is 24.3 Å². The maximum absolute atomic E-state index is 12.5. The number of para-hydroxylation sites is 1. The number of benzene rings is 2. The standard InChI is InChI=1S/C17H12O4/c18-17(16-9-11-3-1-2-4-13(11)21-16)12-5-6-14-15(10-12)20-8-7-19-14/h1-6,9-10H,7-8H2. The SMILES string of the molecule is O=C(c1ccc2c(c1)OCCO2)c1cc2ccccc2o1. The van der Waals surface area contributed by atoms with Gasteiger partial charge in [-0.05, 0) is 30.3 Å². The van der Waals surface area contributed by atoms with E-state index in [-0.39, 0.29) is 5.78 Å². The van der Waals surface area contributed by atoms with Crippen LogP contribution in [0.3, 0.4) is 0 Å². The van der Waals surface area contributed by atoms with E-state index in [2.05, 4.69) is 0 Å². The highest BCUT2D eigenvalue weighted by molar-refractivity contribution is 6.09. The molecule has 0 amide bonds. The van der Waals surface area contributed by atoms with E-state index < -0.39 is 0 Å². The Morgan fingerprint density at radius 3 is 2.57 bits per heavy atom. The Labute approximate surface area is 120 Å². The van der Waals surface area contributed by atoms with Gasteiger partial charge in [0.05, 0.1) is 0 Å². The first-order valence-corrected chi connectivity index (χ1v) is 6.74. The molecule has 0 fully saturated rings. The van der Waals surface area contributed by atoms with E-state index in [9.17, 15) is 4.79 Å². The average Bonchev–Trinajstić information content (AvgIpc) is 2.97. The molecule has 0 saturated heterocycles. The van der Waals surface area contributed by atoms with Gasteiger partial charge in [0, 0.05) is 10.9 Å². The molecule has 2 heterocycles. The molecule has 1 aromatic heterocycles. The molecule has 0 aliphatic carbocycles. The van der Waals surface area contributed by atoms with Crippen LogP contribution in [0.25, 0.3) is 11.0 Å². The maximum atomic E-state index is 12.5. The number of hydrogen-bond donors (Lipinski definition) is 0. The van der Waals surface area contributed by atoms with Gasteiger partial charge >= 0.3 is 0 Å². The van der Waals surface area contributed by atoms with Crippen molar-refractivity contribution >= 4 is 16.8 Å². The van der Waals surface area contributed by atoms with Crippen molar-refractivity contribution in [1.82, 2.24) is 0 Å². The third-order valence-corrected chi connectivity index (χ3v) is 3.45. The molecule has 2 aromatic carbocycles. The molecule has 0 saturated carbocycles. The summed E-state index contributed by atoms with van der Waals surface area (Å²) in [5.41, 5.74) is 1.23. The highest BCUT2D eigenvalue weighted by Crippen LogP contribution is 2.32. The van der Waals surface area contributed by atoms with Crippen LogP contribution in [0.15, 0.2) is 52.9 Å². The van der Waals surface area contributed by atoms with E-state index in [1.165, 1.54) is 0 Å². The fraction of sp³-hybridized carbons (Fsp3) is 0.118. The molecule has 0 spiro atoms. The molecule has 4 nitrogen and oxygen atoms in total. The molecule has 0 bridgehead atoms. The molecule has 1 aliphatic rings. The predicted molar refractivity (Wildman–Crippen MR) is 77.1 cm³/mol. The van der Waals surface area contributed by atoms with Crippen LogP contribution in [0.5, 0.6) is 11.5 Å². The minimum absolute atomic E-state index is 0.164. The van der Waals surface area contributed by atoms with Crippen LogP contribution in [0.4, 0.5) is 0 Å². The Balaban J connectivity index is 1.73. The zero-order valence-corrected chi connectivity index (χ0v) is 11.2. The Kier molecular flexibility index (Phi) is 2.67. The van der Waals surface area contributed by atoms with Crippen molar-refractivity contribution in [2.75, 3.05) is 13.2 Å². The minimum atomic E-state index is -0.164. The van der Waals surface area contributed by atoms with Crippen LogP contribution < -0.4 is 9.47 Å². The zero-order valence-electron chi connectivity index (χ0n) is 11.2. The molecule has 0 radical (unpaired) electrons. The number of ether oxygens (including phenoxy) is 2. The van der Waals surface area contributed by atoms with E-state index in [1.54, 1.807) is 24.3 Å². The van der Waals surface area contributed by atoms with Crippen LogP contribution in [0.1, 0.15) is 16.1 Å². The topological polar surface area (TPSA) is 48.7 Å². The van der Waals surface area contributed by atoms with E-state index >= 15 is 0 Å². The van der Waals surface area contributed by atoms with Gasteiger partial charge in [-0.15, -0.1) is 0 Å². The number of ketones is 1. The van der Waals surface area contributed by atoms with Crippen molar-refractivity contribution in [3.05, 3.63) is 59.9 Å². The average molecular weight is 280 g/mol. The summed E-state index contributed by atoms with van der Waals surface area (Å²) in [6.45, 7) is 1.03. The second-order valence-corrected chi connectivity index (χ2v) is 4.84. The number of carbonyl (C=O) groups excluding carboxylic acids is 1. The molecule has 1 aliphatic heterocycles. The van der Waals surface area contributed by atoms with Gasteiger partial charge in [-0.3, -0.25) is 4.79 Å². The number of hydrogen-bond acceptors (Lipinski definition) is 4. The van der Waals surface area contributed by atoms with Gasteiger partial charge in [-0.25, -0.2) is 0 Å². The number of rotatable bonds is 2. The van der Waals surface area contributed by atoms with Gasteiger partial charge in [0.2, 0.25) is 5.78 Å². The van der Waals surface area contributed by atoms with Gasteiger partial charge < -0.3 is 13.9 Å². The summed E-state index contributed by atoms with van der Waals surface area (Å²) < 4.78 is 16.6. The molecule has 4 heteroatoms. The van der Waals surface area contributed by atoms with Gasteiger partial charge in [0.25, 0.3) is 0 Å². The lowest BCUT2D eigenvalue weighted by molar-refractivity contribution is 0.101. The first-order valence-electron chi connectivity index (χ1n) is 6.74. The van der Waals surface area contributed by atoms with Crippen molar-refractivity contribution in [3.63, 3.8) is 0 Å². The lowest BCUT2D eigenvalue weighted by Crippen LogP contribution is -2.15. The Morgan fingerprint density at radius 2 is 1.71 bits per heavy atom. The number of fused-ring (bicyclic) bond motifs is 2. The molecule has 4 rings (SSSR count). The Hall–Kier alpha value is -2.75. The third kappa shape index (κ3) is 2.05. The van der Waals surface area contributed by atoms with E-state index in [0.29, 0.717) is 41.6 Å². The number of furan rings is 1. The molecule has 21 heavy (non-hydrogen) atoms. The van der Waals surface area contributed by atoms with Crippen molar-refractivity contribution in [2.24, 2.45) is 0 Å². The first-order chi connectivity index (χ1) is 10.3. The van der Waals surface area contributed by atoms with Crippen LogP contribution in [0, 0.1) is 0 Å². The first kappa shape index (κ1) is 12.0. The summed E-state index contributed by atoms with van der Waals surface area (Å²) in [7, 11) is 0. The van der Waals surface area contributed by atoms with Crippen molar-refractivity contribution in [2.45, 2.75) is 0 Å². The predicted octanol–water partition coefficient (Wildman–Crippen LogP) is 3.44. The normalized spacial score (nSPS) is 13.3.